The van der Waals surface area contributed by atoms with Crippen molar-refractivity contribution in [1.29, 1.82) is 0 Å². The minimum atomic E-state index is -0.372. The van der Waals surface area contributed by atoms with E-state index in [2.05, 4.69) is 41.1 Å². The van der Waals surface area contributed by atoms with Crippen LogP contribution in [0.4, 0.5) is 0 Å². The number of hydrogen-bond donors (Lipinski definition) is 1. The van der Waals surface area contributed by atoms with Gasteiger partial charge in [-0.05, 0) is 56.5 Å². The van der Waals surface area contributed by atoms with E-state index in [0.29, 0.717) is 6.04 Å². The molecular weight excluding hydrogens is 322 g/mol. The number of hydrogen-bond acceptors (Lipinski definition) is 3. The van der Waals surface area contributed by atoms with E-state index in [4.69, 9.17) is 0 Å². The van der Waals surface area contributed by atoms with Gasteiger partial charge in [0.25, 0.3) is 0 Å². The molecule has 0 aliphatic rings. The molecule has 0 heterocycles. The van der Waals surface area contributed by atoms with E-state index in [-0.39, 0.29) is 6.10 Å². The van der Waals surface area contributed by atoms with Gasteiger partial charge >= 0.3 is 0 Å². The van der Waals surface area contributed by atoms with Gasteiger partial charge in [-0.2, -0.15) is 11.8 Å². The lowest BCUT2D eigenvalue weighted by atomic mass is 10.1. The SMILES string of the molecule is CSCCC(C)N(C)CCC(O)c1ccc(Br)cc1. The Morgan fingerprint density at radius 2 is 1.89 bits per heavy atom. The first-order chi connectivity index (χ1) is 9.04. The zero-order valence-corrected chi connectivity index (χ0v) is 14.4. The third kappa shape index (κ3) is 6.30. The van der Waals surface area contributed by atoms with Crippen LogP contribution in [0.5, 0.6) is 0 Å². The number of aliphatic hydroxyl groups excluding tert-OH is 1. The summed E-state index contributed by atoms with van der Waals surface area (Å²) in [6.45, 7) is 3.18. The second-order valence-electron chi connectivity index (χ2n) is 4.97. The van der Waals surface area contributed by atoms with Crippen LogP contribution in [-0.2, 0) is 0 Å². The summed E-state index contributed by atoms with van der Waals surface area (Å²) in [5.41, 5.74) is 0.994. The Morgan fingerprint density at radius 1 is 1.26 bits per heavy atom. The van der Waals surface area contributed by atoms with Crippen molar-refractivity contribution in [2.45, 2.75) is 31.9 Å². The third-order valence-electron chi connectivity index (χ3n) is 3.50. The molecule has 1 rings (SSSR count). The lowest BCUT2D eigenvalue weighted by molar-refractivity contribution is 0.138. The first kappa shape index (κ1) is 17.0. The van der Waals surface area contributed by atoms with Crippen molar-refractivity contribution in [1.82, 2.24) is 4.90 Å². The first-order valence-electron chi connectivity index (χ1n) is 6.67. The van der Waals surface area contributed by atoms with Crippen LogP contribution in [0, 0.1) is 0 Å². The Kier molecular flexibility index (Phi) is 8.07. The highest BCUT2D eigenvalue weighted by molar-refractivity contribution is 9.10. The highest BCUT2D eigenvalue weighted by atomic mass is 79.9. The molecule has 2 atom stereocenters. The van der Waals surface area contributed by atoms with E-state index in [1.165, 1.54) is 12.2 Å². The van der Waals surface area contributed by atoms with Gasteiger partial charge in [0.1, 0.15) is 0 Å². The maximum atomic E-state index is 10.2. The second-order valence-corrected chi connectivity index (χ2v) is 6.87. The molecule has 0 spiro atoms. The predicted octanol–water partition coefficient (Wildman–Crippen LogP) is 3.95. The summed E-state index contributed by atoms with van der Waals surface area (Å²) in [7, 11) is 2.14. The average Bonchev–Trinajstić information content (AvgIpc) is 2.42. The van der Waals surface area contributed by atoms with Crippen molar-refractivity contribution in [2.75, 3.05) is 25.6 Å². The lowest BCUT2D eigenvalue weighted by Gasteiger charge is -2.25. The number of benzene rings is 1. The Hall–Kier alpha value is -0.0300. The summed E-state index contributed by atoms with van der Waals surface area (Å²) < 4.78 is 1.05. The van der Waals surface area contributed by atoms with Gasteiger partial charge in [-0.3, -0.25) is 0 Å². The van der Waals surface area contributed by atoms with Crippen molar-refractivity contribution in [2.24, 2.45) is 0 Å². The van der Waals surface area contributed by atoms with Crippen LogP contribution >= 0.6 is 27.7 Å². The molecule has 0 aromatic heterocycles. The lowest BCUT2D eigenvalue weighted by Crippen LogP contribution is -2.31. The van der Waals surface area contributed by atoms with E-state index >= 15 is 0 Å². The monoisotopic (exact) mass is 345 g/mol. The van der Waals surface area contributed by atoms with Crippen LogP contribution in [0.15, 0.2) is 28.7 Å². The molecule has 108 valence electrons. The van der Waals surface area contributed by atoms with Gasteiger partial charge in [0, 0.05) is 17.1 Å². The molecule has 0 radical (unpaired) electrons. The molecular formula is C15H24BrNOS. The van der Waals surface area contributed by atoms with Crippen LogP contribution in [0.2, 0.25) is 0 Å². The molecule has 0 amide bonds. The third-order valence-corrected chi connectivity index (χ3v) is 4.67. The van der Waals surface area contributed by atoms with Crippen LogP contribution in [0.1, 0.15) is 31.4 Å². The fourth-order valence-corrected chi connectivity index (χ4v) is 2.75. The molecule has 0 aliphatic heterocycles. The van der Waals surface area contributed by atoms with Crippen molar-refractivity contribution in [3.63, 3.8) is 0 Å². The summed E-state index contributed by atoms with van der Waals surface area (Å²) in [5.74, 6) is 1.20. The molecule has 1 N–H and O–H groups in total. The number of halogens is 1. The zero-order valence-electron chi connectivity index (χ0n) is 12.0. The van der Waals surface area contributed by atoms with Gasteiger partial charge in [0.15, 0.2) is 0 Å². The molecule has 0 saturated carbocycles. The maximum Gasteiger partial charge on any atom is 0.0802 e. The fraction of sp³-hybridized carbons (Fsp3) is 0.600. The topological polar surface area (TPSA) is 23.5 Å². The second kappa shape index (κ2) is 9.01. The molecule has 1 aromatic carbocycles. The quantitative estimate of drug-likeness (QED) is 0.771. The molecule has 4 heteroatoms. The smallest absolute Gasteiger partial charge is 0.0802 e. The van der Waals surface area contributed by atoms with E-state index in [0.717, 1.165) is 23.0 Å². The Bertz CT molecular complexity index is 358. The van der Waals surface area contributed by atoms with Gasteiger partial charge in [0.05, 0.1) is 6.10 Å². The van der Waals surface area contributed by atoms with Crippen molar-refractivity contribution in [3.8, 4) is 0 Å². The van der Waals surface area contributed by atoms with Crippen LogP contribution < -0.4 is 0 Å². The molecule has 19 heavy (non-hydrogen) atoms. The predicted molar refractivity (Wildman–Crippen MR) is 88.8 cm³/mol. The number of nitrogens with zero attached hydrogens (tertiary/aromatic N) is 1. The first-order valence-corrected chi connectivity index (χ1v) is 8.86. The van der Waals surface area contributed by atoms with E-state index in [9.17, 15) is 5.11 Å². The minimum Gasteiger partial charge on any atom is -0.388 e. The van der Waals surface area contributed by atoms with E-state index < -0.39 is 0 Å². The fourth-order valence-electron chi connectivity index (χ4n) is 1.91. The Balaban J connectivity index is 2.36. The summed E-state index contributed by atoms with van der Waals surface area (Å²) in [4.78, 5) is 2.33. The number of aliphatic hydroxyl groups is 1. The van der Waals surface area contributed by atoms with E-state index in [1.54, 1.807) is 0 Å². The van der Waals surface area contributed by atoms with Gasteiger partial charge in [0.2, 0.25) is 0 Å². The van der Waals surface area contributed by atoms with Gasteiger partial charge in [-0.1, -0.05) is 28.1 Å². The van der Waals surface area contributed by atoms with Crippen molar-refractivity contribution >= 4 is 27.7 Å². The highest BCUT2D eigenvalue weighted by Crippen LogP contribution is 2.20. The van der Waals surface area contributed by atoms with Gasteiger partial charge < -0.3 is 10.0 Å². The van der Waals surface area contributed by atoms with Crippen molar-refractivity contribution in [3.05, 3.63) is 34.3 Å². The molecule has 1 aromatic rings. The van der Waals surface area contributed by atoms with Gasteiger partial charge in [-0.25, -0.2) is 0 Å². The summed E-state index contributed by atoms with van der Waals surface area (Å²) in [6.07, 6.45) is 3.75. The van der Waals surface area contributed by atoms with Crippen LogP contribution in [0.3, 0.4) is 0 Å². The molecule has 0 bridgehead atoms. The standard InChI is InChI=1S/C15H24BrNOS/c1-12(9-11-19-3)17(2)10-8-15(18)13-4-6-14(16)7-5-13/h4-7,12,15,18H,8-11H2,1-3H3. The number of thioether (sulfide) groups is 1. The summed E-state index contributed by atoms with van der Waals surface area (Å²) in [6, 6.07) is 8.48. The molecule has 0 aliphatic carbocycles. The van der Waals surface area contributed by atoms with Crippen LogP contribution in [0.25, 0.3) is 0 Å². The van der Waals surface area contributed by atoms with Crippen molar-refractivity contribution < 1.29 is 5.11 Å². The van der Waals surface area contributed by atoms with Gasteiger partial charge in [-0.15, -0.1) is 0 Å². The molecule has 0 fully saturated rings. The summed E-state index contributed by atoms with van der Waals surface area (Å²) in [5, 5.41) is 10.2. The van der Waals surface area contributed by atoms with E-state index in [1.807, 2.05) is 36.0 Å². The Morgan fingerprint density at radius 3 is 2.47 bits per heavy atom. The summed E-state index contributed by atoms with van der Waals surface area (Å²) >= 11 is 5.30. The highest BCUT2D eigenvalue weighted by Gasteiger charge is 2.12. The minimum absolute atomic E-state index is 0.372. The molecule has 0 saturated heterocycles. The normalized spacial score (nSPS) is 14.6. The Labute approximate surface area is 129 Å². The zero-order chi connectivity index (χ0) is 14.3. The largest absolute Gasteiger partial charge is 0.388 e. The number of rotatable bonds is 8. The molecule has 2 unspecified atom stereocenters. The van der Waals surface area contributed by atoms with Crippen LogP contribution in [-0.4, -0.2) is 41.6 Å². The molecule has 2 nitrogen and oxygen atoms in total. The average molecular weight is 346 g/mol. The maximum absolute atomic E-state index is 10.2.